The quantitative estimate of drug-likeness (QED) is 0.407. The van der Waals surface area contributed by atoms with Gasteiger partial charge in [-0.15, -0.1) is 0 Å². The molecule has 0 aromatic rings. The Morgan fingerprint density at radius 2 is 1.09 bits per heavy atom. The molecule has 4 bridgehead atoms. The van der Waals surface area contributed by atoms with Crippen molar-refractivity contribution in [3.63, 3.8) is 0 Å². The minimum Gasteiger partial charge on any atom is -0.360 e. The standard InChI is InChI=1S/C29H52N2O2/c1-23-22-31-20-11-15-25-13-6-2-4-8-16-26-18-21-30-19-10-14-24(28(30)32-26)12-7-3-5-9-17-27(23)33-29(25)31/h23-29H,2-22H2,1H3/t23-,24+,25+,26+,27+,28-,29-/m0/s1. The Bertz CT molecular complexity index is 586. The highest BCUT2D eigenvalue weighted by molar-refractivity contribution is 4.87. The molecule has 5 heterocycles. The van der Waals surface area contributed by atoms with Crippen LogP contribution in [0.3, 0.4) is 0 Å². The van der Waals surface area contributed by atoms with Crippen LogP contribution in [0.15, 0.2) is 0 Å². The molecule has 0 aromatic heterocycles. The summed E-state index contributed by atoms with van der Waals surface area (Å²) in [6.07, 6.45) is 25.1. The van der Waals surface area contributed by atoms with Gasteiger partial charge in [-0.1, -0.05) is 58.3 Å². The van der Waals surface area contributed by atoms with Gasteiger partial charge in [0.25, 0.3) is 0 Å². The van der Waals surface area contributed by atoms with Gasteiger partial charge in [-0.25, -0.2) is 0 Å². The Morgan fingerprint density at radius 1 is 0.515 bits per heavy atom. The maximum Gasteiger partial charge on any atom is 0.113 e. The zero-order valence-electron chi connectivity index (χ0n) is 21.6. The second-order valence-electron chi connectivity index (χ2n) is 12.3. The van der Waals surface area contributed by atoms with Crippen LogP contribution in [0.25, 0.3) is 0 Å². The molecule has 0 aliphatic carbocycles. The zero-order valence-corrected chi connectivity index (χ0v) is 21.6. The van der Waals surface area contributed by atoms with Crippen LogP contribution in [0, 0.1) is 17.8 Å². The maximum atomic E-state index is 6.86. The molecule has 7 atom stereocenters. The van der Waals surface area contributed by atoms with E-state index in [0.29, 0.717) is 30.6 Å². The molecule has 5 aliphatic heterocycles. The first-order chi connectivity index (χ1) is 16.3. The average molecular weight is 461 g/mol. The average Bonchev–Trinajstić information content (AvgIpc) is 2.83. The number of hydrogen-bond donors (Lipinski definition) is 0. The number of rotatable bonds is 0. The van der Waals surface area contributed by atoms with E-state index in [1.807, 2.05) is 0 Å². The Hall–Kier alpha value is -0.160. The molecule has 0 aromatic carbocycles. The van der Waals surface area contributed by atoms with E-state index in [9.17, 15) is 0 Å². The SMILES string of the molecule is C[C@H]1CN2CCC[C@H]3CCCCCC[C@@H]4CCN5CCC[C@@H](CCCCCC[C@H]1O[C@@H]32)[C@@H]5O4. The van der Waals surface area contributed by atoms with Gasteiger partial charge < -0.3 is 9.47 Å². The molecule has 0 radical (unpaired) electrons. The molecule has 0 amide bonds. The highest BCUT2D eigenvalue weighted by Gasteiger charge is 2.40. The molecule has 0 saturated carbocycles. The molecular formula is C29H52N2O2. The minimum atomic E-state index is 0.423. The van der Waals surface area contributed by atoms with Crippen molar-refractivity contribution in [3.8, 4) is 0 Å². The fourth-order valence-corrected chi connectivity index (χ4v) is 7.83. The largest absolute Gasteiger partial charge is 0.360 e. The third-order valence-electron chi connectivity index (χ3n) is 9.77. The molecule has 5 fully saturated rings. The molecule has 0 N–H and O–H groups in total. The summed E-state index contributed by atoms with van der Waals surface area (Å²) in [6.45, 7) is 7.53. The Morgan fingerprint density at radius 3 is 1.82 bits per heavy atom. The Labute approximate surface area is 204 Å². The lowest BCUT2D eigenvalue weighted by Gasteiger charge is -2.49. The smallest absolute Gasteiger partial charge is 0.113 e. The van der Waals surface area contributed by atoms with E-state index in [0.717, 1.165) is 11.8 Å². The van der Waals surface area contributed by atoms with Crippen LogP contribution in [0.5, 0.6) is 0 Å². The van der Waals surface area contributed by atoms with Gasteiger partial charge >= 0.3 is 0 Å². The van der Waals surface area contributed by atoms with E-state index >= 15 is 0 Å². The van der Waals surface area contributed by atoms with Gasteiger partial charge in [0, 0.05) is 26.2 Å². The lowest BCUT2D eigenvalue weighted by atomic mass is 9.86. The van der Waals surface area contributed by atoms with Crippen molar-refractivity contribution >= 4 is 0 Å². The van der Waals surface area contributed by atoms with Crippen molar-refractivity contribution < 1.29 is 9.47 Å². The first-order valence-corrected chi connectivity index (χ1v) is 15.1. The molecule has 33 heavy (non-hydrogen) atoms. The predicted octanol–water partition coefficient (Wildman–Crippen LogP) is 6.58. The summed E-state index contributed by atoms with van der Waals surface area (Å²) in [5.74, 6) is 2.25. The van der Waals surface area contributed by atoms with Crippen LogP contribution in [0.2, 0.25) is 0 Å². The van der Waals surface area contributed by atoms with Gasteiger partial charge in [0.15, 0.2) is 0 Å². The second-order valence-corrected chi connectivity index (χ2v) is 12.3. The lowest BCUT2D eigenvalue weighted by molar-refractivity contribution is -0.201. The van der Waals surface area contributed by atoms with Crippen molar-refractivity contribution in [1.29, 1.82) is 0 Å². The topological polar surface area (TPSA) is 24.9 Å². The van der Waals surface area contributed by atoms with Crippen LogP contribution in [0.1, 0.15) is 116 Å². The first kappa shape index (κ1) is 24.5. The van der Waals surface area contributed by atoms with Crippen LogP contribution < -0.4 is 0 Å². The van der Waals surface area contributed by atoms with Crippen LogP contribution in [-0.2, 0) is 9.47 Å². The van der Waals surface area contributed by atoms with Crippen molar-refractivity contribution in [2.24, 2.45) is 17.8 Å². The lowest BCUT2D eigenvalue weighted by Crippen LogP contribution is -2.56. The minimum absolute atomic E-state index is 0.423. The summed E-state index contributed by atoms with van der Waals surface area (Å²) < 4.78 is 13.6. The molecule has 5 saturated heterocycles. The van der Waals surface area contributed by atoms with E-state index in [1.54, 1.807) is 0 Å². The van der Waals surface area contributed by atoms with Gasteiger partial charge in [-0.3, -0.25) is 9.80 Å². The summed E-state index contributed by atoms with van der Waals surface area (Å²) in [5, 5.41) is 0. The highest BCUT2D eigenvalue weighted by Crippen LogP contribution is 2.37. The summed E-state index contributed by atoms with van der Waals surface area (Å²) in [5.41, 5.74) is 0. The Balaban J connectivity index is 1.18. The third kappa shape index (κ3) is 6.35. The van der Waals surface area contributed by atoms with Gasteiger partial charge in [0.1, 0.15) is 12.5 Å². The number of piperidine rings is 2. The predicted molar refractivity (Wildman–Crippen MR) is 135 cm³/mol. The Kier molecular flexibility index (Phi) is 9.06. The molecule has 0 unspecified atom stereocenters. The molecule has 190 valence electrons. The number of hydrogen-bond acceptors (Lipinski definition) is 4. The molecule has 0 spiro atoms. The van der Waals surface area contributed by atoms with Crippen molar-refractivity contribution in [3.05, 3.63) is 0 Å². The third-order valence-corrected chi connectivity index (χ3v) is 9.77. The summed E-state index contributed by atoms with van der Waals surface area (Å²) in [6, 6.07) is 0. The summed E-state index contributed by atoms with van der Waals surface area (Å²) in [4.78, 5) is 5.38. The van der Waals surface area contributed by atoms with Gasteiger partial charge in [0.2, 0.25) is 0 Å². The fourth-order valence-electron chi connectivity index (χ4n) is 7.83. The first-order valence-electron chi connectivity index (χ1n) is 15.1. The van der Waals surface area contributed by atoms with Gasteiger partial charge in [-0.2, -0.15) is 0 Å². The summed E-state index contributed by atoms with van der Waals surface area (Å²) in [7, 11) is 0. The summed E-state index contributed by atoms with van der Waals surface area (Å²) >= 11 is 0. The van der Waals surface area contributed by atoms with Crippen LogP contribution >= 0.6 is 0 Å². The van der Waals surface area contributed by atoms with Crippen molar-refractivity contribution in [2.45, 2.75) is 141 Å². The molecule has 4 nitrogen and oxygen atoms in total. The van der Waals surface area contributed by atoms with Crippen LogP contribution in [-0.4, -0.2) is 60.6 Å². The zero-order chi connectivity index (χ0) is 22.5. The molecule has 5 rings (SSSR count). The van der Waals surface area contributed by atoms with Crippen molar-refractivity contribution in [2.75, 3.05) is 26.2 Å². The molecule has 4 heteroatoms. The second kappa shape index (κ2) is 12.2. The fraction of sp³-hybridized carbons (Fsp3) is 1.00. The molecular weight excluding hydrogens is 408 g/mol. The highest BCUT2D eigenvalue weighted by atomic mass is 16.5. The van der Waals surface area contributed by atoms with E-state index in [-0.39, 0.29) is 0 Å². The monoisotopic (exact) mass is 460 g/mol. The van der Waals surface area contributed by atoms with E-state index in [4.69, 9.17) is 9.47 Å². The van der Waals surface area contributed by atoms with Crippen LogP contribution in [0.4, 0.5) is 0 Å². The number of ether oxygens (including phenoxy) is 2. The molecule has 5 aliphatic rings. The van der Waals surface area contributed by atoms with Gasteiger partial charge in [0.05, 0.1) is 12.2 Å². The van der Waals surface area contributed by atoms with E-state index in [2.05, 4.69) is 16.7 Å². The van der Waals surface area contributed by atoms with E-state index < -0.39 is 0 Å². The maximum absolute atomic E-state index is 6.86. The van der Waals surface area contributed by atoms with E-state index in [1.165, 1.54) is 135 Å². The van der Waals surface area contributed by atoms with Crippen molar-refractivity contribution in [1.82, 2.24) is 9.80 Å². The number of fused-ring (bicyclic) bond motifs is 2. The van der Waals surface area contributed by atoms with Gasteiger partial charge in [-0.05, 0) is 75.5 Å². The normalized spacial score (nSPS) is 43.0. The number of nitrogens with zero attached hydrogens (tertiary/aromatic N) is 2.